The summed E-state index contributed by atoms with van der Waals surface area (Å²) in [6, 6.07) is 5.11. The molecule has 0 radical (unpaired) electrons. The number of nitrogens with one attached hydrogen (secondary N) is 1. The van der Waals surface area contributed by atoms with Gasteiger partial charge in [0.2, 0.25) is 0 Å². The van der Waals surface area contributed by atoms with Crippen LogP contribution in [0.1, 0.15) is 16.2 Å². The zero-order valence-electron chi connectivity index (χ0n) is 12.4. The molecular formula is C14H18N4O3. The third-order valence-corrected chi connectivity index (χ3v) is 3.13. The number of amides is 1. The molecule has 0 saturated carbocycles. The first-order valence-corrected chi connectivity index (χ1v) is 6.30. The lowest BCUT2D eigenvalue weighted by Crippen LogP contribution is -2.17. The SMILES string of the molecule is COc1ccc(NC(=O)c2c(N)c(C)nn2C)cc1OC. The highest BCUT2D eigenvalue weighted by Crippen LogP contribution is 2.30. The largest absolute Gasteiger partial charge is 0.493 e. The molecule has 0 atom stereocenters. The van der Waals surface area contributed by atoms with Crippen LogP contribution in [0, 0.1) is 6.92 Å². The summed E-state index contributed by atoms with van der Waals surface area (Å²) >= 11 is 0. The van der Waals surface area contributed by atoms with Crippen LogP contribution in [-0.4, -0.2) is 29.9 Å². The zero-order chi connectivity index (χ0) is 15.6. The number of aromatic nitrogens is 2. The lowest BCUT2D eigenvalue weighted by atomic mass is 10.2. The highest BCUT2D eigenvalue weighted by Gasteiger charge is 2.18. The molecule has 1 aromatic carbocycles. The van der Waals surface area contributed by atoms with E-state index in [2.05, 4.69) is 10.4 Å². The number of nitrogen functional groups attached to an aromatic ring is 1. The second kappa shape index (κ2) is 5.74. The predicted octanol–water partition coefficient (Wildman–Crippen LogP) is 1.58. The smallest absolute Gasteiger partial charge is 0.276 e. The number of carbonyl (C=O) groups is 1. The number of benzene rings is 1. The first-order chi connectivity index (χ1) is 9.97. The molecule has 2 rings (SSSR count). The molecule has 1 heterocycles. The van der Waals surface area contributed by atoms with Crippen LogP contribution < -0.4 is 20.5 Å². The molecule has 112 valence electrons. The summed E-state index contributed by atoms with van der Waals surface area (Å²) in [7, 11) is 4.76. The van der Waals surface area contributed by atoms with Gasteiger partial charge < -0.3 is 20.5 Å². The summed E-state index contributed by atoms with van der Waals surface area (Å²) in [5, 5.41) is 6.88. The summed E-state index contributed by atoms with van der Waals surface area (Å²) in [4.78, 5) is 12.3. The van der Waals surface area contributed by atoms with Crippen LogP contribution in [0.3, 0.4) is 0 Å². The van der Waals surface area contributed by atoms with Crippen molar-refractivity contribution < 1.29 is 14.3 Å². The van der Waals surface area contributed by atoms with Crippen LogP contribution in [0.2, 0.25) is 0 Å². The molecule has 0 unspecified atom stereocenters. The summed E-state index contributed by atoms with van der Waals surface area (Å²) in [5.74, 6) is 0.790. The zero-order valence-corrected chi connectivity index (χ0v) is 12.4. The Morgan fingerprint density at radius 3 is 2.48 bits per heavy atom. The van der Waals surface area contributed by atoms with E-state index in [-0.39, 0.29) is 5.91 Å². The molecule has 7 nitrogen and oxygen atoms in total. The highest BCUT2D eigenvalue weighted by molar-refractivity contribution is 6.06. The van der Waals surface area contributed by atoms with Gasteiger partial charge in [0.25, 0.3) is 5.91 Å². The van der Waals surface area contributed by atoms with Gasteiger partial charge in [0.1, 0.15) is 5.69 Å². The fourth-order valence-electron chi connectivity index (χ4n) is 2.05. The molecule has 0 aliphatic rings. The Morgan fingerprint density at radius 2 is 1.95 bits per heavy atom. The van der Waals surface area contributed by atoms with Crippen molar-refractivity contribution >= 4 is 17.3 Å². The van der Waals surface area contributed by atoms with Gasteiger partial charge in [0, 0.05) is 18.8 Å². The normalized spacial score (nSPS) is 10.3. The van der Waals surface area contributed by atoms with Crippen molar-refractivity contribution in [1.82, 2.24) is 9.78 Å². The molecule has 1 amide bonds. The number of carbonyl (C=O) groups excluding carboxylic acids is 1. The third-order valence-electron chi connectivity index (χ3n) is 3.13. The van der Waals surface area contributed by atoms with E-state index in [1.165, 1.54) is 11.8 Å². The van der Waals surface area contributed by atoms with Gasteiger partial charge in [-0.2, -0.15) is 5.10 Å². The number of rotatable bonds is 4. The lowest BCUT2D eigenvalue weighted by Gasteiger charge is -2.11. The Labute approximate surface area is 122 Å². The highest BCUT2D eigenvalue weighted by atomic mass is 16.5. The minimum atomic E-state index is -0.331. The van der Waals surface area contributed by atoms with Crippen LogP contribution in [0.15, 0.2) is 18.2 Å². The topological polar surface area (TPSA) is 91.4 Å². The van der Waals surface area contributed by atoms with Crippen molar-refractivity contribution in [2.45, 2.75) is 6.92 Å². The fourth-order valence-corrected chi connectivity index (χ4v) is 2.05. The predicted molar refractivity (Wildman–Crippen MR) is 79.9 cm³/mol. The van der Waals surface area contributed by atoms with Crippen molar-refractivity contribution in [1.29, 1.82) is 0 Å². The number of nitrogens with two attached hydrogens (primary N) is 1. The number of nitrogens with zero attached hydrogens (tertiary/aromatic N) is 2. The molecule has 21 heavy (non-hydrogen) atoms. The monoisotopic (exact) mass is 290 g/mol. The average Bonchev–Trinajstić information content (AvgIpc) is 2.71. The summed E-state index contributed by atoms with van der Waals surface area (Å²) < 4.78 is 11.8. The van der Waals surface area contributed by atoms with Crippen LogP contribution in [0.25, 0.3) is 0 Å². The maximum Gasteiger partial charge on any atom is 0.276 e. The Morgan fingerprint density at radius 1 is 1.29 bits per heavy atom. The first kappa shape index (κ1) is 14.7. The van der Waals surface area contributed by atoms with E-state index < -0.39 is 0 Å². The van der Waals surface area contributed by atoms with E-state index in [0.717, 1.165) is 0 Å². The maximum absolute atomic E-state index is 12.3. The van der Waals surface area contributed by atoms with Gasteiger partial charge >= 0.3 is 0 Å². The van der Waals surface area contributed by atoms with Gasteiger partial charge in [-0.1, -0.05) is 0 Å². The van der Waals surface area contributed by atoms with Gasteiger partial charge in [-0.25, -0.2) is 0 Å². The quantitative estimate of drug-likeness (QED) is 0.892. The molecule has 0 aliphatic heterocycles. The van der Waals surface area contributed by atoms with Crippen molar-refractivity contribution in [2.24, 2.45) is 7.05 Å². The third kappa shape index (κ3) is 2.76. The minimum absolute atomic E-state index is 0.322. The van der Waals surface area contributed by atoms with E-state index in [1.807, 2.05) is 0 Å². The number of hydrogen-bond acceptors (Lipinski definition) is 5. The van der Waals surface area contributed by atoms with Gasteiger partial charge in [-0.05, 0) is 19.1 Å². The van der Waals surface area contributed by atoms with E-state index in [1.54, 1.807) is 39.3 Å². The maximum atomic E-state index is 12.3. The van der Waals surface area contributed by atoms with E-state index >= 15 is 0 Å². The van der Waals surface area contributed by atoms with Gasteiger partial charge in [-0.15, -0.1) is 0 Å². The Kier molecular flexibility index (Phi) is 4.02. The summed E-state index contributed by atoms with van der Waals surface area (Å²) in [6.45, 7) is 1.75. The minimum Gasteiger partial charge on any atom is -0.493 e. The molecule has 0 fully saturated rings. The fraction of sp³-hybridized carbons (Fsp3) is 0.286. The first-order valence-electron chi connectivity index (χ1n) is 6.30. The molecule has 0 aliphatic carbocycles. The number of aryl methyl sites for hydroxylation is 2. The second-order valence-electron chi connectivity index (χ2n) is 4.50. The molecule has 1 aromatic heterocycles. The van der Waals surface area contributed by atoms with Crippen LogP contribution in [-0.2, 0) is 7.05 Å². The molecule has 3 N–H and O–H groups in total. The van der Waals surface area contributed by atoms with Gasteiger partial charge in [0.15, 0.2) is 11.5 Å². The number of anilines is 2. The molecule has 7 heteroatoms. The Balaban J connectivity index is 2.27. The van der Waals surface area contributed by atoms with Crippen LogP contribution in [0.4, 0.5) is 11.4 Å². The van der Waals surface area contributed by atoms with Gasteiger partial charge in [-0.3, -0.25) is 9.48 Å². The van der Waals surface area contributed by atoms with Crippen LogP contribution >= 0.6 is 0 Å². The second-order valence-corrected chi connectivity index (χ2v) is 4.50. The number of hydrogen-bond donors (Lipinski definition) is 2. The molecule has 2 aromatic rings. The van der Waals surface area contributed by atoms with Crippen molar-refractivity contribution in [3.63, 3.8) is 0 Å². The molecule has 0 spiro atoms. The molecule has 0 bridgehead atoms. The summed E-state index contributed by atoms with van der Waals surface area (Å²) in [5.41, 5.74) is 7.76. The van der Waals surface area contributed by atoms with E-state index in [9.17, 15) is 4.79 Å². The number of ether oxygens (including phenoxy) is 2. The van der Waals surface area contributed by atoms with Crippen molar-refractivity contribution in [3.8, 4) is 11.5 Å². The van der Waals surface area contributed by atoms with Crippen molar-refractivity contribution in [3.05, 3.63) is 29.6 Å². The Bertz CT molecular complexity index is 679. The van der Waals surface area contributed by atoms with E-state index in [4.69, 9.17) is 15.2 Å². The number of methoxy groups -OCH3 is 2. The standard InChI is InChI=1S/C14H18N4O3/c1-8-12(15)13(18(2)17-8)14(19)16-9-5-6-10(20-3)11(7-9)21-4/h5-7H,15H2,1-4H3,(H,16,19). The molecular weight excluding hydrogens is 272 g/mol. The average molecular weight is 290 g/mol. The lowest BCUT2D eigenvalue weighted by molar-refractivity contribution is 0.101. The molecule has 0 saturated heterocycles. The van der Waals surface area contributed by atoms with Crippen LogP contribution in [0.5, 0.6) is 11.5 Å². The van der Waals surface area contributed by atoms with Gasteiger partial charge in [0.05, 0.1) is 25.6 Å². The summed E-state index contributed by atoms with van der Waals surface area (Å²) in [6.07, 6.45) is 0. The van der Waals surface area contributed by atoms with Crippen molar-refractivity contribution in [2.75, 3.05) is 25.3 Å². The Hall–Kier alpha value is -2.70. The van der Waals surface area contributed by atoms with E-state index in [0.29, 0.717) is 34.3 Å².